The van der Waals surface area contributed by atoms with Gasteiger partial charge in [-0.25, -0.2) is 8.42 Å². The van der Waals surface area contributed by atoms with Crippen LogP contribution in [0.15, 0.2) is 164 Å². The molecule has 368 valence electrons. The third kappa shape index (κ3) is 13.1. The molecule has 0 aliphatic carbocycles. The van der Waals surface area contributed by atoms with Crippen molar-refractivity contribution >= 4 is 149 Å². The van der Waals surface area contributed by atoms with Crippen LogP contribution in [0.1, 0.15) is 31.8 Å². The first-order valence-corrected chi connectivity index (χ1v) is 24.5. The van der Waals surface area contributed by atoms with Gasteiger partial charge < -0.3 is 34.9 Å². The summed E-state index contributed by atoms with van der Waals surface area (Å²) in [5, 5.41) is 47.9. The Morgan fingerprint density at radius 2 is 1.00 bits per heavy atom. The molecule has 73 heavy (non-hydrogen) atoms. The molecule has 0 saturated carbocycles. The van der Waals surface area contributed by atoms with Crippen LogP contribution < -0.4 is 25.2 Å². The molecule has 23 heteroatoms. The molecule has 8 aromatic rings. The van der Waals surface area contributed by atoms with Gasteiger partial charge in [0.25, 0.3) is 21.9 Å². The zero-order valence-corrected chi connectivity index (χ0v) is 44.1. The van der Waals surface area contributed by atoms with Crippen molar-refractivity contribution in [3.05, 3.63) is 166 Å². The zero-order valence-electron chi connectivity index (χ0n) is 38.7. The second kappa shape index (κ2) is 23.4. The van der Waals surface area contributed by atoms with Gasteiger partial charge in [-0.3, -0.25) is 14.1 Å². The molecule has 8 rings (SSSR count). The quantitative estimate of drug-likeness (QED) is 0.0505. The van der Waals surface area contributed by atoms with Gasteiger partial charge in [-0.05, 0) is 121 Å². The van der Waals surface area contributed by atoms with Gasteiger partial charge in [0, 0.05) is 37.8 Å². The van der Waals surface area contributed by atoms with Crippen LogP contribution in [-0.4, -0.2) is 94.8 Å². The van der Waals surface area contributed by atoms with Crippen molar-refractivity contribution in [3.8, 4) is 23.0 Å². The predicted octanol–water partition coefficient (Wildman–Crippen LogP) is 11.5. The fourth-order valence-corrected chi connectivity index (χ4v) is 9.53. The number of azo groups is 2. The number of rotatable bonds is 12. The Balaban J connectivity index is 0.000000235. The molecule has 0 unspecified atom stereocenters. The van der Waals surface area contributed by atoms with Gasteiger partial charge in [0.1, 0.15) is 43.6 Å². The van der Waals surface area contributed by atoms with E-state index in [4.69, 9.17) is 32.7 Å². The average molecular weight is 1090 g/mol. The number of fused-ring (bicyclic) bond motifs is 2. The third-order valence-corrected chi connectivity index (χ3v) is 13.1. The number of carbonyl (C=O) groups is 2. The number of methoxy groups -OCH3 is 2. The van der Waals surface area contributed by atoms with Crippen LogP contribution >= 0.6 is 23.2 Å². The molecule has 0 atom stereocenters. The third-order valence-electron chi connectivity index (χ3n) is 10.6. The fourth-order valence-electron chi connectivity index (χ4n) is 7.36. The normalized spacial score (nSPS) is 11.5. The van der Waals surface area contributed by atoms with Gasteiger partial charge in [-0.2, -0.15) is 13.5 Å². The average Bonchev–Trinajstić information content (AvgIpc) is 3.32. The summed E-state index contributed by atoms with van der Waals surface area (Å²) in [7, 11) is -6.52. The monoisotopic (exact) mass is 1090 g/mol. The van der Waals surface area contributed by atoms with Crippen LogP contribution in [0.2, 0.25) is 10.0 Å². The zero-order chi connectivity index (χ0) is 52.1. The van der Waals surface area contributed by atoms with E-state index in [1.807, 2.05) is 0 Å². The summed E-state index contributed by atoms with van der Waals surface area (Å²) in [6, 6.07) is 34.8. The molecule has 4 N–H and O–H groups in total. The first-order chi connectivity index (χ1) is 34.2. The Bertz CT molecular complexity index is 3490. The standard InChI is InChI=1S/2C25H20ClN3O6S.Ca/c2*1-14-11-16(26)13-21(24(14)36(32,33)34)28-29-22-19-6-4-3-5-15(19)12-20(23(22)30)25(31)27-17-7-9-18(35-2)10-8-17;/h2*3-13,30H,1-2H3,(H,27,31)(H,32,33,34);/q;;+2/p-2. The molecule has 0 aliphatic rings. The van der Waals surface area contributed by atoms with Crippen molar-refractivity contribution in [3.63, 3.8) is 0 Å². The molecular weight excluding hydrogens is 1050 g/mol. The first-order valence-electron chi connectivity index (χ1n) is 20.9. The largest absolute Gasteiger partial charge is 2.00 e. The van der Waals surface area contributed by atoms with Gasteiger partial charge in [0.05, 0.1) is 30.4 Å². The summed E-state index contributed by atoms with van der Waals surface area (Å²) >= 11 is 12.1. The van der Waals surface area contributed by atoms with Gasteiger partial charge in [0.2, 0.25) is 0 Å². The van der Waals surface area contributed by atoms with Crippen LogP contribution in [0.5, 0.6) is 23.0 Å². The number of hydrogen-bond acceptors (Lipinski definition) is 15. The van der Waals surface area contributed by atoms with Crippen LogP contribution in [-0.2, 0) is 20.2 Å². The molecule has 0 saturated heterocycles. The molecular formula is C50H38CaCl2N6O12S2. The number of aryl methyl sites for hydroxylation is 2. The molecule has 0 radical (unpaired) electrons. The first kappa shape index (κ1) is 55.6. The minimum atomic E-state index is -4.91. The van der Waals surface area contributed by atoms with Crippen LogP contribution in [0.4, 0.5) is 34.1 Å². The van der Waals surface area contributed by atoms with Crippen molar-refractivity contribution in [2.45, 2.75) is 23.6 Å². The SMILES string of the molecule is COc1ccc(NC(=O)c2cc3ccccc3c(N=Nc3cc(Cl)cc(C)c3S(=O)(=O)O)c2O)cc1.COc1ccc(NC(=O)c2cc3ccccc3c(N=Nc3cc(Cl)cc(C)c3S(=O)(=O)[O-])c2[O-])cc1.[Ca+2]. The van der Waals surface area contributed by atoms with Crippen LogP contribution in [0.3, 0.4) is 0 Å². The number of halogens is 2. The van der Waals surface area contributed by atoms with E-state index in [0.29, 0.717) is 44.4 Å². The smallest absolute Gasteiger partial charge is 0.870 e. The van der Waals surface area contributed by atoms with E-state index in [0.717, 1.165) is 6.07 Å². The minimum absolute atomic E-state index is 0. The number of carbonyl (C=O) groups excluding carboxylic acids is 2. The van der Waals surface area contributed by atoms with E-state index >= 15 is 0 Å². The molecule has 0 heterocycles. The Hall–Kier alpha value is -6.72. The Kier molecular flexibility index (Phi) is 17.8. The van der Waals surface area contributed by atoms with Crippen molar-refractivity contribution in [1.29, 1.82) is 0 Å². The molecule has 0 fully saturated rings. The van der Waals surface area contributed by atoms with Crippen molar-refractivity contribution < 1.29 is 55.2 Å². The number of phenols is 1. The Labute approximate surface area is 457 Å². The summed E-state index contributed by atoms with van der Waals surface area (Å²) in [6.07, 6.45) is 0. The maximum atomic E-state index is 13.3. The summed E-state index contributed by atoms with van der Waals surface area (Å²) < 4.78 is 79.2. The van der Waals surface area contributed by atoms with Gasteiger partial charge in [0.15, 0.2) is 5.75 Å². The topological polar surface area (TPSA) is 281 Å². The van der Waals surface area contributed by atoms with Crippen molar-refractivity contribution in [1.82, 2.24) is 0 Å². The van der Waals surface area contributed by atoms with Gasteiger partial charge >= 0.3 is 37.7 Å². The Morgan fingerprint density at radius 1 is 0.589 bits per heavy atom. The number of aromatic hydroxyl groups is 1. The fraction of sp³-hybridized carbons (Fsp3) is 0.0800. The van der Waals surface area contributed by atoms with Crippen molar-refractivity contribution in [2.75, 3.05) is 24.9 Å². The number of hydrogen-bond donors (Lipinski definition) is 4. The maximum Gasteiger partial charge on any atom is 2.00 e. The second-order valence-electron chi connectivity index (χ2n) is 15.5. The van der Waals surface area contributed by atoms with Crippen molar-refractivity contribution in [2.24, 2.45) is 20.5 Å². The minimum Gasteiger partial charge on any atom is -0.870 e. The number of ether oxygens (including phenoxy) is 2. The summed E-state index contributed by atoms with van der Waals surface area (Å²) in [4.78, 5) is 25.0. The molecule has 0 aliphatic heterocycles. The number of phenolic OH excluding ortho intramolecular Hbond substituents is 1. The van der Waals surface area contributed by atoms with Gasteiger partial charge in [-0.15, -0.1) is 15.3 Å². The van der Waals surface area contributed by atoms with E-state index in [1.54, 1.807) is 97.1 Å². The summed E-state index contributed by atoms with van der Waals surface area (Å²) in [5.74, 6) is -1.25. The number of anilines is 2. The summed E-state index contributed by atoms with van der Waals surface area (Å²) in [5.41, 5.74) is 0.109. The maximum absolute atomic E-state index is 13.3. The van der Waals surface area contributed by atoms with Crippen LogP contribution in [0, 0.1) is 13.8 Å². The Morgan fingerprint density at radius 3 is 1.47 bits per heavy atom. The molecule has 0 spiro atoms. The van der Waals surface area contributed by atoms with Gasteiger partial charge in [-0.1, -0.05) is 77.5 Å². The van der Waals surface area contributed by atoms with E-state index in [9.17, 15) is 45.7 Å². The van der Waals surface area contributed by atoms with Crippen LogP contribution in [0.25, 0.3) is 21.5 Å². The number of amides is 2. The number of nitrogens with zero attached hydrogens (tertiary/aromatic N) is 4. The molecule has 0 bridgehead atoms. The molecule has 0 aromatic heterocycles. The second-order valence-corrected chi connectivity index (χ2v) is 19.0. The molecule has 8 aromatic carbocycles. The molecule has 2 amide bonds. The van der Waals surface area contributed by atoms with E-state index in [-0.39, 0.29) is 92.8 Å². The van der Waals surface area contributed by atoms with E-state index in [1.165, 1.54) is 58.4 Å². The predicted molar refractivity (Wildman–Crippen MR) is 275 cm³/mol. The summed E-state index contributed by atoms with van der Waals surface area (Å²) in [6.45, 7) is 2.85. The van der Waals surface area contributed by atoms with E-state index < -0.39 is 53.3 Å². The molecule has 18 nitrogen and oxygen atoms in total. The number of benzene rings is 8. The number of nitrogens with one attached hydrogen (secondary N) is 2. The van der Waals surface area contributed by atoms with E-state index in [2.05, 4.69) is 31.1 Å².